The highest BCUT2D eigenvalue weighted by atomic mass is 16.5. The molecule has 1 heterocycles. The van der Waals surface area contributed by atoms with Crippen LogP contribution in [-0.2, 0) is 23.2 Å². The van der Waals surface area contributed by atoms with E-state index in [1.807, 2.05) is 19.9 Å². The molecule has 2 aromatic rings. The number of benzene rings is 1. The quantitative estimate of drug-likeness (QED) is 0.946. The van der Waals surface area contributed by atoms with Gasteiger partial charge in [0.1, 0.15) is 0 Å². The van der Waals surface area contributed by atoms with Crippen LogP contribution in [0.1, 0.15) is 50.6 Å². The van der Waals surface area contributed by atoms with Gasteiger partial charge in [0.25, 0.3) is 5.89 Å². The summed E-state index contributed by atoms with van der Waals surface area (Å²) >= 11 is 0. The highest BCUT2D eigenvalue weighted by Crippen LogP contribution is 2.28. The Bertz CT molecular complexity index is 704. The smallest absolute Gasteiger partial charge is 0.258 e. The number of rotatable bonds is 3. The SMILES string of the molecule is CC(=O)NC(C)(C)c1noc(-c2ccc3c(c2)CCCC3)n1. The molecule has 5 heteroatoms. The van der Waals surface area contributed by atoms with Gasteiger partial charge in [-0.25, -0.2) is 0 Å². The Morgan fingerprint density at radius 2 is 1.95 bits per heavy atom. The maximum atomic E-state index is 11.3. The van der Waals surface area contributed by atoms with E-state index in [9.17, 15) is 4.79 Å². The van der Waals surface area contributed by atoms with Crippen LogP contribution in [0.2, 0.25) is 0 Å². The van der Waals surface area contributed by atoms with Gasteiger partial charge in [-0.15, -0.1) is 0 Å². The molecular formula is C17H21N3O2. The zero-order chi connectivity index (χ0) is 15.7. The Kier molecular flexibility index (Phi) is 3.72. The van der Waals surface area contributed by atoms with E-state index in [1.54, 1.807) is 0 Å². The van der Waals surface area contributed by atoms with Crippen LogP contribution < -0.4 is 5.32 Å². The van der Waals surface area contributed by atoms with Gasteiger partial charge in [0, 0.05) is 12.5 Å². The standard InChI is InChI=1S/C17H21N3O2/c1-11(21)19-17(2,3)16-18-15(22-20-16)14-9-8-12-6-4-5-7-13(12)10-14/h8-10H,4-7H2,1-3H3,(H,19,21). The maximum absolute atomic E-state index is 11.3. The lowest BCUT2D eigenvalue weighted by Crippen LogP contribution is -2.40. The molecule has 0 unspecified atom stereocenters. The third kappa shape index (κ3) is 2.89. The first-order valence-electron chi connectivity index (χ1n) is 7.71. The molecule has 0 atom stereocenters. The second-order valence-corrected chi connectivity index (χ2v) is 6.42. The summed E-state index contributed by atoms with van der Waals surface area (Å²) in [5.41, 5.74) is 3.10. The Balaban J connectivity index is 1.89. The van der Waals surface area contributed by atoms with Crippen LogP contribution in [0.3, 0.4) is 0 Å². The van der Waals surface area contributed by atoms with Crippen LogP contribution in [0.5, 0.6) is 0 Å². The third-order valence-electron chi connectivity index (χ3n) is 4.07. The molecule has 5 nitrogen and oxygen atoms in total. The maximum Gasteiger partial charge on any atom is 0.258 e. The molecule has 1 aromatic carbocycles. The minimum atomic E-state index is -0.651. The van der Waals surface area contributed by atoms with Crippen LogP contribution in [0.25, 0.3) is 11.5 Å². The molecule has 0 spiro atoms. The molecule has 0 aliphatic heterocycles. The van der Waals surface area contributed by atoms with E-state index in [-0.39, 0.29) is 5.91 Å². The van der Waals surface area contributed by atoms with Crippen molar-refractivity contribution >= 4 is 5.91 Å². The Labute approximate surface area is 130 Å². The first-order valence-corrected chi connectivity index (χ1v) is 7.71. The Morgan fingerprint density at radius 3 is 2.68 bits per heavy atom. The fourth-order valence-electron chi connectivity index (χ4n) is 2.96. The number of hydrogen-bond acceptors (Lipinski definition) is 4. The average Bonchev–Trinajstić information content (AvgIpc) is 2.96. The molecule has 0 fully saturated rings. The Hall–Kier alpha value is -2.17. The monoisotopic (exact) mass is 299 g/mol. The van der Waals surface area contributed by atoms with E-state index in [4.69, 9.17) is 4.52 Å². The summed E-state index contributed by atoms with van der Waals surface area (Å²) in [6, 6.07) is 6.34. The highest BCUT2D eigenvalue weighted by Gasteiger charge is 2.28. The van der Waals surface area contributed by atoms with Crippen molar-refractivity contribution in [2.24, 2.45) is 0 Å². The number of carbonyl (C=O) groups is 1. The number of hydrogen-bond donors (Lipinski definition) is 1. The van der Waals surface area contributed by atoms with Crippen molar-refractivity contribution in [1.82, 2.24) is 15.5 Å². The van der Waals surface area contributed by atoms with Crippen molar-refractivity contribution < 1.29 is 9.32 Å². The lowest BCUT2D eigenvalue weighted by atomic mass is 9.90. The van der Waals surface area contributed by atoms with Gasteiger partial charge >= 0.3 is 0 Å². The number of nitrogens with zero attached hydrogens (tertiary/aromatic N) is 2. The second kappa shape index (κ2) is 5.55. The van der Waals surface area contributed by atoms with Crippen LogP contribution >= 0.6 is 0 Å². The van der Waals surface area contributed by atoms with E-state index < -0.39 is 5.54 Å². The molecule has 1 amide bonds. The molecule has 1 aliphatic carbocycles. The number of nitrogens with one attached hydrogen (secondary N) is 1. The topological polar surface area (TPSA) is 68.0 Å². The van der Waals surface area contributed by atoms with Crippen molar-refractivity contribution in [3.8, 4) is 11.5 Å². The molecule has 22 heavy (non-hydrogen) atoms. The number of amides is 1. The van der Waals surface area contributed by atoms with Gasteiger partial charge in [-0.3, -0.25) is 4.79 Å². The Morgan fingerprint density at radius 1 is 1.23 bits per heavy atom. The van der Waals surface area contributed by atoms with Crippen molar-refractivity contribution in [2.75, 3.05) is 0 Å². The predicted octanol–water partition coefficient (Wildman–Crippen LogP) is 2.99. The number of fused-ring (bicyclic) bond motifs is 1. The fraction of sp³-hybridized carbons (Fsp3) is 0.471. The first-order chi connectivity index (χ1) is 10.5. The number of carbonyl (C=O) groups excluding carboxylic acids is 1. The van der Waals surface area contributed by atoms with Gasteiger partial charge in [-0.2, -0.15) is 4.98 Å². The van der Waals surface area contributed by atoms with Gasteiger partial charge < -0.3 is 9.84 Å². The van der Waals surface area contributed by atoms with Gasteiger partial charge in [0.05, 0.1) is 5.54 Å². The van der Waals surface area contributed by atoms with Crippen molar-refractivity contribution in [3.05, 3.63) is 35.2 Å². The van der Waals surface area contributed by atoms with Crippen LogP contribution in [0, 0.1) is 0 Å². The first kappa shape index (κ1) is 14.8. The van der Waals surface area contributed by atoms with Crippen LogP contribution in [0.4, 0.5) is 0 Å². The molecule has 1 N–H and O–H groups in total. The van der Waals surface area contributed by atoms with Crippen molar-refractivity contribution in [3.63, 3.8) is 0 Å². The van der Waals surface area contributed by atoms with Crippen molar-refractivity contribution in [1.29, 1.82) is 0 Å². The van der Waals surface area contributed by atoms with Gasteiger partial charge in [-0.05, 0) is 62.8 Å². The lowest BCUT2D eigenvalue weighted by molar-refractivity contribution is -0.120. The minimum Gasteiger partial charge on any atom is -0.344 e. The number of aryl methyl sites for hydroxylation is 2. The summed E-state index contributed by atoms with van der Waals surface area (Å²) in [6.45, 7) is 5.19. The summed E-state index contributed by atoms with van der Waals surface area (Å²) in [5, 5.41) is 6.85. The molecule has 1 aliphatic rings. The molecular weight excluding hydrogens is 278 g/mol. The summed E-state index contributed by atoms with van der Waals surface area (Å²) in [4.78, 5) is 15.7. The minimum absolute atomic E-state index is 0.120. The largest absolute Gasteiger partial charge is 0.344 e. The van der Waals surface area contributed by atoms with E-state index in [1.165, 1.54) is 30.9 Å². The second-order valence-electron chi connectivity index (χ2n) is 6.42. The molecule has 1 aromatic heterocycles. The summed E-state index contributed by atoms with van der Waals surface area (Å²) in [7, 11) is 0. The summed E-state index contributed by atoms with van der Waals surface area (Å²) < 4.78 is 5.40. The summed E-state index contributed by atoms with van der Waals surface area (Å²) in [5.74, 6) is 0.863. The third-order valence-corrected chi connectivity index (χ3v) is 4.07. The van der Waals surface area contributed by atoms with Gasteiger partial charge in [-0.1, -0.05) is 11.2 Å². The van der Waals surface area contributed by atoms with Crippen LogP contribution in [0.15, 0.2) is 22.7 Å². The van der Waals surface area contributed by atoms with E-state index in [0.717, 1.165) is 18.4 Å². The highest BCUT2D eigenvalue weighted by molar-refractivity contribution is 5.73. The molecule has 116 valence electrons. The lowest BCUT2D eigenvalue weighted by Gasteiger charge is -2.20. The van der Waals surface area contributed by atoms with Gasteiger partial charge in [0.2, 0.25) is 5.91 Å². The molecule has 0 saturated heterocycles. The zero-order valence-corrected chi connectivity index (χ0v) is 13.3. The van der Waals surface area contributed by atoms with E-state index >= 15 is 0 Å². The van der Waals surface area contributed by atoms with Gasteiger partial charge in [0.15, 0.2) is 5.82 Å². The van der Waals surface area contributed by atoms with Crippen molar-refractivity contribution in [2.45, 2.75) is 52.0 Å². The average molecular weight is 299 g/mol. The van der Waals surface area contributed by atoms with E-state index in [2.05, 4.69) is 27.6 Å². The fourth-order valence-corrected chi connectivity index (χ4v) is 2.96. The number of aromatic nitrogens is 2. The molecule has 3 rings (SSSR count). The predicted molar refractivity (Wildman–Crippen MR) is 83.2 cm³/mol. The summed E-state index contributed by atoms with van der Waals surface area (Å²) in [6.07, 6.45) is 4.77. The molecule has 0 radical (unpaired) electrons. The molecule has 0 saturated carbocycles. The van der Waals surface area contributed by atoms with E-state index in [0.29, 0.717) is 11.7 Å². The molecule has 0 bridgehead atoms. The normalized spacial score (nSPS) is 14.5. The zero-order valence-electron chi connectivity index (χ0n) is 13.3. The van der Waals surface area contributed by atoms with Crippen LogP contribution in [-0.4, -0.2) is 16.0 Å².